The van der Waals surface area contributed by atoms with Gasteiger partial charge in [0, 0.05) is 31.2 Å². The lowest BCUT2D eigenvalue weighted by Crippen LogP contribution is -2.61. The number of likely N-dealkylation sites (tertiary alicyclic amines) is 1. The van der Waals surface area contributed by atoms with Gasteiger partial charge in [-0.05, 0) is 61.6 Å². The number of ether oxygens (including phenoxy) is 1. The van der Waals surface area contributed by atoms with Crippen molar-refractivity contribution in [2.45, 2.75) is 32.4 Å². The average molecular weight is 470 g/mol. The number of aromatic nitrogens is 1. The van der Waals surface area contributed by atoms with E-state index in [4.69, 9.17) is 10.5 Å². The Morgan fingerprint density at radius 2 is 2.00 bits per heavy atom. The number of aromatic amines is 1. The number of halogens is 1. The number of primary amides is 1. The van der Waals surface area contributed by atoms with E-state index in [-0.39, 0.29) is 12.1 Å². The van der Waals surface area contributed by atoms with Gasteiger partial charge < -0.3 is 25.3 Å². The molecule has 0 bridgehead atoms. The number of anilines is 1. The van der Waals surface area contributed by atoms with Crippen LogP contribution in [-0.2, 0) is 4.74 Å². The largest absolute Gasteiger partial charge is 0.444 e. The summed E-state index contributed by atoms with van der Waals surface area (Å²) in [5.74, 6) is -0.456. The normalized spacial score (nSPS) is 15.0. The highest BCUT2D eigenvalue weighted by molar-refractivity contribution is 14.1. The Morgan fingerprint density at radius 3 is 2.58 bits per heavy atom. The minimum atomic E-state index is -0.493. The number of nitrogens with zero attached hydrogens (tertiary/aromatic N) is 2. The van der Waals surface area contributed by atoms with E-state index in [9.17, 15) is 9.59 Å². The lowest BCUT2D eigenvalue weighted by atomic mass is 10.0. The summed E-state index contributed by atoms with van der Waals surface area (Å²) in [7, 11) is 2.00. The standard InChI is InChI=1S/C18H23IN4O3/c1-18(2,3)26-17(25)23-8-10(9-23)22(4)13-6-5-11(16(20)24)15-12(13)7-14(19)21-15/h5-7,10,21H,8-9H2,1-4H3,(H2,20,24). The number of benzene rings is 1. The van der Waals surface area contributed by atoms with E-state index in [1.165, 1.54) is 0 Å². The van der Waals surface area contributed by atoms with E-state index in [0.717, 1.165) is 20.3 Å². The number of carbonyl (C=O) groups is 2. The molecule has 2 aromatic rings. The van der Waals surface area contributed by atoms with Crippen molar-refractivity contribution in [3.05, 3.63) is 27.5 Å². The summed E-state index contributed by atoms with van der Waals surface area (Å²) >= 11 is 2.18. The maximum absolute atomic E-state index is 12.1. The van der Waals surface area contributed by atoms with E-state index in [0.29, 0.717) is 18.7 Å². The number of likely N-dealkylation sites (N-methyl/N-ethyl adjacent to an activating group) is 1. The highest BCUT2D eigenvalue weighted by Gasteiger charge is 2.36. The summed E-state index contributed by atoms with van der Waals surface area (Å²) < 4.78 is 6.34. The molecule has 1 aromatic heterocycles. The first kappa shape index (κ1) is 18.8. The molecule has 2 amide bonds. The van der Waals surface area contributed by atoms with Crippen LogP contribution >= 0.6 is 22.6 Å². The molecule has 1 aromatic carbocycles. The van der Waals surface area contributed by atoms with Crippen LogP contribution in [0.25, 0.3) is 10.9 Å². The van der Waals surface area contributed by atoms with E-state index in [1.54, 1.807) is 11.0 Å². The molecule has 0 radical (unpaired) electrons. The number of fused-ring (bicyclic) bond motifs is 1. The number of amides is 2. The predicted octanol–water partition coefficient (Wildman–Crippen LogP) is 2.93. The van der Waals surface area contributed by atoms with Crippen LogP contribution in [0.4, 0.5) is 10.5 Å². The number of nitrogens with two attached hydrogens (primary N) is 1. The molecule has 0 unspecified atom stereocenters. The van der Waals surface area contributed by atoms with Crippen molar-refractivity contribution >= 4 is 51.2 Å². The third-order valence-corrected chi connectivity index (χ3v) is 5.03. The van der Waals surface area contributed by atoms with E-state index in [1.807, 2.05) is 40.0 Å². The Labute approximate surface area is 166 Å². The molecule has 0 spiro atoms. The second kappa shape index (κ2) is 6.64. The van der Waals surface area contributed by atoms with Crippen LogP contribution in [-0.4, -0.2) is 53.7 Å². The monoisotopic (exact) mass is 470 g/mol. The molecule has 0 saturated carbocycles. The zero-order valence-electron chi connectivity index (χ0n) is 15.3. The second-order valence-electron chi connectivity index (χ2n) is 7.55. The van der Waals surface area contributed by atoms with Gasteiger partial charge in [-0.3, -0.25) is 4.79 Å². The maximum atomic E-state index is 12.1. The summed E-state index contributed by atoms with van der Waals surface area (Å²) in [4.78, 5) is 30.8. The van der Waals surface area contributed by atoms with E-state index < -0.39 is 11.5 Å². The van der Waals surface area contributed by atoms with Crippen molar-refractivity contribution in [2.75, 3.05) is 25.0 Å². The molecule has 3 rings (SSSR count). The number of rotatable bonds is 3. The van der Waals surface area contributed by atoms with Crippen LogP contribution < -0.4 is 10.6 Å². The first-order valence-electron chi connectivity index (χ1n) is 8.38. The molecule has 3 N–H and O–H groups in total. The lowest BCUT2D eigenvalue weighted by molar-refractivity contribution is 0.00853. The Balaban J connectivity index is 1.78. The van der Waals surface area contributed by atoms with Crippen molar-refractivity contribution in [2.24, 2.45) is 5.73 Å². The number of H-pyrrole nitrogens is 1. The Morgan fingerprint density at radius 1 is 1.35 bits per heavy atom. The van der Waals surface area contributed by atoms with Crippen LogP contribution in [0.3, 0.4) is 0 Å². The van der Waals surface area contributed by atoms with Crippen molar-refractivity contribution < 1.29 is 14.3 Å². The van der Waals surface area contributed by atoms with Gasteiger partial charge in [0.1, 0.15) is 5.60 Å². The molecule has 1 fully saturated rings. The van der Waals surface area contributed by atoms with Crippen LogP contribution in [0.5, 0.6) is 0 Å². The van der Waals surface area contributed by atoms with Gasteiger partial charge in [-0.2, -0.15) is 0 Å². The second-order valence-corrected chi connectivity index (χ2v) is 8.71. The molecule has 1 aliphatic rings. The van der Waals surface area contributed by atoms with Crippen LogP contribution in [0.1, 0.15) is 31.1 Å². The quantitative estimate of drug-likeness (QED) is 0.675. The topological polar surface area (TPSA) is 91.7 Å². The number of hydrogen-bond acceptors (Lipinski definition) is 4. The molecular formula is C18H23IN4O3. The SMILES string of the molecule is CN(c1ccc(C(N)=O)c2[nH]c(I)cc12)C1CN(C(=O)OC(C)(C)C)C1. The first-order chi connectivity index (χ1) is 12.1. The van der Waals surface area contributed by atoms with Gasteiger partial charge in [0.15, 0.2) is 0 Å². The maximum Gasteiger partial charge on any atom is 0.410 e. The van der Waals surface area contributed by atoms with Crippen molar-refractivity contribution in [3.63, 3.8) is 0 Å². The fourth-order valence-corrected chi connectivity index (χ4v) is 3.64. The molecule has 140 valence electrons. The van der Waals surface area contributed by atoms with Crippen LogP contribution in [0, 0.1) is 3.70 Å². The summed E-state index contributed by atoms with van der Waals surface area (Å²) in [5.41, 5.74) is 7.21. The van der Waals surface area contributed by atoms with Gasteiger partial charge in [-0.25, -0.2) is 4.79 Å². The third kappa shape index (κ3) is 3.60. The van der Waals surface area contributed by atoms with Crippen molar-refractivity contribution in [1.82, 2.24) is 9.88 Å². The molecule has 0 aliphatic carbocycles. The highest BCUT2D eigenvalue weighted by atomic mass is 127. The zero-order valence-corrected chi connectivity index (χ0v) is 17.5. The zero-order chi connectivity index (χ0) is 19.2. The highest BCUT2D eigenvalue weighted by Crippen LogP contribution is 2.33. The van der Waals surface area contributed by atoms with Gasteiger partial charge in [0.25, 0.3) is 5.91 Å². The molecule has 2 heterocycles. The molecule has 26 heavy (non-hydrogen) atoms. The number of nitrogens with one attached hydrogen (secondary N) is 1. The Bertz CT molecular complexity index is 865. The summed E-state index contributed by atoms with van der Waals surface area (Å²) in [6, 6.07) is 5.84. The predicted molar refractivity (Wildman–Crippen MR) is 110 cm³/mol. The minimum absolute atomic E-state index is 0.192. The average Bonchev–Trinajstić information content (AvgIpc) is 2.82. The number of hydrogen-bond donors (Lipinski definition) is 2. The van der Waals surface area contributed by atoms with Crippen LogP contribution in [0.15, 0.2) is 18.2 Å². The van der Waals surface area contributed by atoms with Gasteiger partial charge in [-0.1, -0.05) is 0 Å². The van der Waals surface area contributed by atoms with E-state index in [2.05, 4.69) is 32.5 Å². The molecule has 8 heteroatoms. The van der Waals surface area contributed by atoms with Gasteiger partial charge in [0.05, 0.1) is 20.8 Å². The molecule has 1 aliphatic heterocycles. The van der Waals surface area contributed by atoms with Crippen LogP contribution in [0.2, 0.25) is 0 Å². The molecule has 1 saturated heterocycles. The molecule has 0 atom stereocenters. The van der Waals surface area contributed by atoms with Crippen molar-refractivity contribution in [1.29, 1.82) is 0 Å². The van der Waals surface area contributed by atoms with Gasteiger partial charge in [-0.15, -0.1) is 0 Å². The Hall–Kier alpha value is -1.97. The Kier molecular flexibility index (Phi) is 4.80. The van der Waals surface area contributed by atoms with Gasteiger partial charge >= 0.3 is 6.09 Å². The fourth-order valence-electron chi connectivity index (χ4n) is 3.06. The van der Waals surface area contributed by atoms with E-state index >= 15 is 0 Å². The lowest BCUT2D eigenvalue weighted by Gasteiger charge is -2.45. The fraction of sp³-hybridized carbons (Fsp3) is 0.444. The molecule has 7 nitrogen and oxygen atoms in total. The van der Waals surface area contributed by atoms with Crippen molar-refractivity contribution in [3.8, 4) is 0 Å². The minimum Gasteiger partial charge on any atom is -0.444 e. The summed E-state index contributed by atoms with van der Waals surface area (Å²) in [5, 5.41) is 0.948. The summed E-state index contributed by atoms with van der Waals surface area (Å²) in [6.45, 7) is 6.79. The summed E-state index contributed by atoms with van der Waals surface area (Å²) in [6.07, 6.45) is -0.285. The third-order valence-electron chi connectivity index (χ3n) is 4.45. The number of carbonyl (C=O) groups excluding carboxylic acids is 2. The van der Waals surface area contributed by atoms with Gasteiger partial charge in [0.2, 0.25) is 0 Å². The smallest absolute Gasteiger partial charge is 0.410 e. The molecular weight excluding hydrogens is 447 g/mol. The first-order valence-corrected chi connectivity index (χ1v) is 9.46.